The molecular formula is C28H40N2O3. The summed E-state index contributed by atoms with van der Waals surface area (Å²) in [6.07, 6.45) is 8.63. The van der Waals surface area contributed by atoms with Crippen molar-refractivity contribution < 1.29 is 14.6 Å². The molecule has 0 saturated heterocycles. The van der Waals surface area contributed by atoms with E-state index in [9.17, 15) is 9.90 Å². The van der Waals surface area contributed by atoms with E-state index < -0.39 is 6.10 Å². The molecule has 1 amide bonds. The second kappa shape index (κ2) is 13.4. The van der Waals surface area contributed by atoms with Gasteiger partial charge in [0.2, 0.25) is 5.91 Å². The Labute approximate surface area is 198 Å². The highest BCUT2D eigenvalue weighted by Gasteiger charge is 2.18. The van der Waals surface area contributed by atoms with Gasteiger partial charge in [-0.05, 0) is 54.0 Å². The zero-order valence-electron chi connectivity index (χ0n) is 20.2. The molecule has 0 bridgehead atoms. The lowest BCUT2D eigenvalue weighted by Gasteiger charge is -2.23. The van der Waals surface area contributed by atoms with Gasteiger partial charge in [-0.1, -0.05) is 68.5 Å². The number of nitrogens with one attached hydrogen (secondary N) is 2. The van der Waals surface area contributed by atoms with Crippen LogP contribution in [0.5, 0.6) is 5.75 Å². The summed E-state index contributed by atoms with van der Waals surface area (Å²) in [5.74, 6) is 1.57. The predicted octanol–water partition coefficient (Wildman–Crippen LogP) is 4.41. The Morgan fingerprint density at radius 2 is 1.79 bits per heavy atom. The van der Waals surface area contributed by atoms with Crippen LogP contribution in [0.25, 0.3) is 0 Å². The van der Waals surface area contributed by atoms with Crippen molar-refractivity contribution in [3.8, 4) is 5.75 Å². The molecule has 5 heteroatoms. The summed E-state index contributed by atoms with van der Waals surface area (Å²) in [7, 11) is 1.66. The van der Waals surface area contributed by atoms with E-state index in [0.29, 0.717) is 19.5 Å². The van der Waals surface area contributed by atoms with Crippen molar-refractivity contribution in [1.82, 2.24) is 10.6 Å². The standard InChI is InChI=1S/C28H40N2O3/c1-21(31)30-26(18-27(32)20-29-19-25-12-7-13-28(17-25)33-2)16-24-11-6-10-23(15-24)14-22-8-4-3-5-9-22/h6-7,10-13,15,17,22,26-27,29,32H,3-5,8-9,14,16,18-20H2,1-2H3,(H,30,31). The van der Waals surface area contributed by atoms with Gasteiger partial charge in [-0.15, -0.1) is 0 Å². The number of carbonyl (C=O) groups is 1. The molecule has 3 N–H and O–H groups in total. The Morgan fingerprint density at radius 3 is 2.55 bits per heavy atom. The smallest absolute Gasteiger partial charge is 0.217 e. The van der Waals surface area contributed by atoms with Crippen molar-refractivity contribution in [2.24, 2.45) is 5.92 Å². The third kappa shape index (κ3) is 9.18. The van der Waals surface area contributed by atoms with Crippen molar-refractivity contribution in [3.05, 3.63) is 65.2 Å². The van der Waals surface area contributed by atoms with E-state index in [1.54, 1.807) is 14.0 Å². The van der Waals surface area contributed by atoms with Gasteiger partial charge >= 0.3 is 0 Å². The Balaban J connectivity index is 1.51. The van der Waals surface area contributed by atoms with E-state index in [1.165, 1.54) is 43.2 Å². The van der Waals surface area contributed by atoms with Crippen LogP contribution >= 0.6 is 0 Å². The van der Waals surface area contributed by atoms with Crippen molar-refractivity contribution in [1.29, 1.82) is 0 Å². The minimum absolute atomic E-state index is 0.0603. The minimum atomic E-state index is -0.544. The molecule has 33 heavy (non-hydrogen) atoms. The van der Waals surface area contributed by atoms with Crippen molar-refractivity contribution >= 4 is 5.91 Å². The van der Waals surface area contributed by atoms with Crippen LogP contribution in [0.3, 0.4) is 0 Å². The number of rotatable bonds is 12. The van der Waals surface area contributed by atoms with Gasteiger partial charge in [-0.3, -0.25) is 4.79 Å². The number of hydrogen-bond donors (Lipinski definition) is 3. The maximum Gasteiger partial charge on any atom is 0.217 e. The normalized spacial score (nSPS) is 16.2. The molecule has 2 aromatic rings. The Kier molecular flexibility index (Phi) is 10.2. The summed E-state index contributed by atoms with van der Waals surface area (Å²) in [5, 5.41) is 17.0. The molecule has 2 unspecified atom stereocenters. The second-order valence-electron chi connectivity index (χ2n) is 9.50. The van der Waals surface area contributed by atoms with Crippen LogP contribution in [-0.2, 0) is 24.2 Å². The molecule has 0 aromatic heterocycles. The molecule has 0 heterocycles. The third-order valence-electron chi connectivity index (χ3n) is 6.53. The highest BCUT2D eigenvalue weighted by Crippen LogP contribution is 2.27. The first kappa shape index (κ1) is 25.3. The fraction of sp³-hybridized carbons (Fsp3) is 0.536. The summed E-state index contributed by atoms with van der Waals surface area (Å²) < 4.78 is 5.26. The molecule has 1 saturated carbocycles. The summed E-state index contributed by atoms with van der Waals surface area (Å²) in [4.78, 5) is 11.8. The molecule has 1 aliphatic rings. The van der Waals surface area contributed by atoms with Gasteiger partial charge in [0.1, 0.15) is 5.75 Å². The molecule has 0 radical (unpaired) electrons. The minimum Gasteiger partial charge on any atom is -0.497 e. The number of hydrogen-bond acceptors (Lipinski definition) is 4. The highest BCUT2D eigenvalue weighted by atomic mass is 16.5. The lowest BCUT2D eigenvalue weighted by atomic mass is 9.84. The Hall–Kier alpha value is -2.37. The molecule has 5 nitrogen and oxygen atoms in total. The molecule has 180 valence electrons. The number of ether oxygens (including phenoxy) is 1. The number of aliphatic hydroxyl groups is 1. The maximum absolute atomic E-state index is 11.8. The summed E-state index contributed by atoms with van der Waals surface area (Å²) in [6, 6.07) is 16.6. The second-order valence-corrected chi connectivity index (χ2v) is 9.50. The molecule has 0 spiro atoms. The van der Waals surface area contributed by atoms with Crippen LogP contribution in [-0.4, -0.2) is 36.8 Å². The quantitative estimate of drug-likeness (QED) is 0.446. The van der Waals surface area contributed by atoms with Crippen LogP contribution in [0.1, 0.15) is 62.1 Å². The summed E-state index contributed by atoms with van der Waals surface area (Å²) >= 11 is 0. The van der Waals surface area contributed by atoms with Crippen LogP contribution in [0.2, 0.25) is 0 Å². The summed E-state index contributed by atoms with van der Waals surface area (Å²) in [5.41, 5.74) is 3.72. The third-order valence-corrected chi connectivity index (χ3v) is 6.53. The maximum atomic E-state index is 11.8. The van der Waals surface area contributed by atoms with Gasteiger partial charge in [0.05, 0.1) is 13.2 Å². The average Bonchev–Trinajstić information content (AvgIpc) is 2.79. The molecular weight excluding hydrogens is 412 g/mol. The first-order valence-corrected chi connectivity index (χ1v) is 12.4. The first-order chi connectivity index (χ1) is 16.0. The van der Waals surface area contributed by atoms with Gasteiger partial charge in [0.25, 0.3) is 0 Å². The fourth-order valence-corrected chi connectivity index (χ4v) is 4.95. The van der Waals surface area contributed by atoms with Gasteiger partial charge in [-0.2, -0.15) is 0 Å². The topological polar surface area (TPSA) is 70.6 Å². The number of aliphatic hydroxyl groups excluding tert-OH is 1. The van der Waals surface area contributed by atoms with Crippen molar-refractivity contribution in [2.45, 2.75) is 77.0 Å². The van der Waals surface area contributed by atoms with E-state index in [1.807, 2.05) is 24.3 Å². The van der Waals surface area contributed by atoms with E-state index >= 15 is 0 Å². The molecule has 1 aliphatic carbocycles. The lowest BCUT2D eigenvalue weighted by molar-refractivity contribution is -0.119. The van der Waals surface area contributed by atoms with Crippen LogP contribution in [0.15, 0.2) is 48.5 Å². The van der Waals surface area contributed by atoms with Crippen molar-refractivity contribution in [2.75, 3.05) is 13.7 Å². The van der Waals surface area contributed by atoms with E-state index in [4.69, 9.17) is 4.74 Å². The largest absolute Gasteiger partial charge is 0.497 e. The monoisotopic (exact) mass is 452 g/mol. The van der Waals surface area contributed by atoms with Gasteiger partial charge in [0.15, 0.2) is 0 Å². The molecule has 3 rings (SSSR count). The first-order valence-electron chi connectivity index (χ1n) is 12.4. The molecule has 0 aliphatic heterocycles. The number of carbonyl (C=O) groups excluding carboxylic acids is 1. The van der Waals surface area contributed by atoms with Gasteiger partial charge in [-0.25, -0.2) is 0 Å². The predicted molar refractivity (Wildman–Crippen MR) is 133 cm³/mol. The molecule has 2 atom stereocenters. The lowest BCUT2D eigenvalue weighted by Crippen LogP contribution is -2.40. The van der Waals surface area contributed by atoms with E-state index in [0.717, 1.165) is 30.1 Å². The van der Waals surface area contributed by atoms with E-state index in [2.05, 4.69) is 34.9 Å². The van der Waals surface area contributed by atoms with Crippen LogP contribution in [0.4, 0.5) is 0 Å². The van der Waals surface area contributed by atoms with Gasteiger partial charge < -0.3 is 20.5 Å². The van der Waals surface area contributed by atoms with Gasteiger partial charge in [0, 0.05) is 26.1 Å². The van der Waals surface area contributed by atoms with Crippen LogP contribution < -0.4 is 15.4 Å². The zero-order chi connectivity index (χ0) is 23.5. The highest BCUT2D eigenvalue weighted by molar-refractivity contribution is 5.73. The molecule has 2 aromatic carbocycles. The number of amides is 1. The van der Waals surface area contributed by atoms with Crippen molar-refractivity contribution in [3.63, 3.8) is 0 Å². The SMILES string of the molecule is COc1cccc(CNCC(O)CC(Cc2cccc(CC3CCCCC3)c2)NC(C)=O)c1. The summed E-state index contributed by atoms with van der Waals surface area (Å²) in [6.45, 7) is 2.66. The van der Waals surface area contributed by atoms with E-state index in [-0.39, 0.29) is 11.9 Å². The number of methoxy groups -OCH3 is 1. The average molecular weight is 453 g/mol. The molecule has 1 fully saturated rings. The Morgan fingerprint density at radius 1 is 1.06 bits per heavy atom. The Bertz CT molecular complexity index is 864. The zero-order valence-corrected chi connectivity index (χ0v) is 20.2. The fourth-order valence-electron chi connectivity index (χ4n) is 4.95. The number of benzene rings is 2. The van der Waals surface area contributed by atoms with Crippen LogP contribution in [0, 0.1) is 5.92 Å².